The lowest BCUT2D eigenvalue weighted by atomic mass is 9.99. The van der Waals surface area contributed by atoms with Crippen LogP contribution in [-0.2, 0) is 6.42 Å². The molecule has 0 aliphatic rings. The molecular formula is C30H37N5O5S. The van der Waals surface area contributed by atoms with Crippen molar-refractivity contribution in [3.05, 3.63) is 71.4 Å². The Hall–Kier alpha value is -3.96. The summed E-state index contributed by atoms with van der Waals surface area (Å²) in [7, 11) is 3.48. The van der Waals surface area contributed by atoms with Crippen LogP contribution < -0.4 is 9.64 Å². The zero-order valence-electron chi connectivity index (χ0n) is 24.1. The molecule has 2 atom stereocenters. The van der Waals surface area contributed by atoms with Crippen LogP contribution in [-0.4, -0.2) is 82.8 Å². The Balaban J connectivity index is 1.58. The lowest BCUT2D eigenvalue weighted by molar-refractivity contribution is 0.0303. The first-order valence-electron chi connectivity index (χ1n) is 13.6. The normalized spacial score (nSPS) is 12.8. The molecule has 2 aromatic carbocycles. The van der Waals surface area contributed by atoms with Crippen LogP contribution in [0.4, 0.5) is 10.8 Å². The van der Waals surface area contributed by atoms with Gasteiger partial charge in [0.15, 0.2) is 5.58 Å². The first-order chi connectivity index (χ1) is 19.7. The molecule has 2 heterocycles. The molecule has 218 valence electrons. The van der Waals surface area contributed by atoms with Crippen LogP contribution in [0, 0.1) is 5.92 Å². The summed E-state index contributed by atoms with van der Waals surface area (Å²) in [5.74, 6) is -0.0960. The van der Waals surface area contributed by atoms with Crippen LogP contribution in [0.3, 0.4) is 0 Å². The molecule has 1 N–H and O–H groups in total. The molecule has 0 saturated heterocycles. The van der Waals surface area contributed by atoms with Crippen molar-refractivity contribution in [1.82, 2.24) is 19.8 Å². The van der Waals surface area contributed by atoms with Crippen molar-refractivity contribution in [2.24, 2.45) is 5.92 Å². The van der Waals surface area contributed by atoms with Crippen LogP contribution in [0.25, 0.3) is 11.1 Å². The monoisotopic (exact) mass is 579 g/mol. The minimum atomic E-state index is -1.06. The highest BCUT2D eigenvalue weighted by Gasteiger charge is 2.32. The number of thiazole rings is 1. The third kappa shape index (κ3) is 7.62. The van der Waals surface area contributed by atoms with E-state index in [0.717, 1.165) is 12.1 Å². The Bertz CT molecular complexity index is 1430. The van der Waals surface area contributed by atoms with E-state index >= 15 is 0 Å². The maximum atomic E-state index is 13.8. The lowest BCUT2D eigenvalue weighted by Gasteiger charge is -2.35. The predicted molar refractivity (Wildman–Crippen MR) is 160 cm³/mol. The summed E-state index contributed by atoms with van der Waals surface area (Å²) < 4.78 is 11.4. The molecule has 0 radical (unpaired) electrons. The zero-order chi connectivity index (χ0) is 29.5. The smallest absolute Gasteiger partial charge is 0.416 e. The number of ether oxygens (including phenoxy) is 1. The van der Waals surface area contributed by atoms with E-state index in [0.29, 0.717) is 40.7 Å². The topological polar surface area (TPSA) is 112 Å². The summed E-state index contributed by atoms with van der Waals surface area (Å²) in [6.07, 6.45) is 0.171. The Morgan fingerprint density at radius 2 is 1.85 bits per heavy atom. The molecule has 0 aliphatic carbocycles. The molecular weight excluding hydrogens is 542 g/mol. The third-order valence-corrected chi connectivity index (χ3v) is 7.47. The second-order valence-electron chi connectivity index (χ2n) is 10.4. The maximum absolute atomic E-state index is 13.8. The van der Waals surface area contributed by atoms with Crippen LogP contribution >= 0.6 is 11.3 Å². The molecule has 0 bridgehead atoms. The Kier molecular flexibility index (Phi) is 9.95. The van der Waals surface area contributed by atoms with E-state index in [2.05, 4.69) is 9.97 Å². The number of benzene rings is 2. The van der Waals surface area contributed by atoms with E-state index in [4.69, 9.17) is 9.15 Å². The molecule has 2 aromatic heterocycles. The van der Waals surface area contributed by atoms with Gasteiger partial charge < -0.3 is 29.0 Å². The summed E-state index contributed by atoms with van der Waals surface area (Å²) >= 11 is 1.21. The summed E-state index contributed by atoms with van der Waals surface area (Å²) in [5.41, 5.74) is 4.14. The van der Waals surface area contributed by atoms with Gasteiger partial charge in [-0.25, -0.2) is 9.78 Å². The number of nitrogens with zero attached hydrogens (tertiary/aromatic N) is 5. The molecule has 0 fully saturated rings. The number of aliphatic hydroxyl groups excluding tert-OH is 1. The summed E-state index contributed by atoms with van der Waals surface area (Å²) in [5, 5.41) is 11.9. The first-order valence-corrected chi connectivity index (χ1v) is 14.5. The number of hydrogen-bond donors (Lipinski definition) is 1. The molecule has 0 aliphatic heterocycles. The minimum Gasteiger partial charge on any atom is -0.423 e. The van der Waals surface area contributed by atoms with E-state index in [1.54, 1.807) is 35.7 Å². The third-order valence-electron chi connectivity index (χ3n) is 6.82. The molecule has 10 nitrogen and oxygen atoms in total. The van der Waals surface area contributed by atoms with Crippen molar-refractivity contribution >= 4 is 40.5 Å². The highest BCUT2D eigenvalue weighted by Crippen LogP contribution is 2.24. The number of fused-ring (bicyclic) bond motifs is 1. The number of likely N-dealkylation sites (N-methyl/N-ethyl adjacent to an activating group) is 1. The van der Waals surface area contributed by atoms with E-state index in [1.807, 2.05) is 63.1 Å². The predicted octanol–water partition coefficient (Wildman–Crippen LogP) is 4.94. The average Bonchev–Trinajstić information content (AvgIpc) is 3.64. The SMILES string of the molecule is CCN(C)c1nc2ccc(C(=O)N(CC(C)C)C[C@@H](O)C(Cc3ccccc3)N(C)C(=O)Oc3cncs3)cc2o1. The molecule has 0 spiro atoms. The second kappa shape index (κ2) is 13.6. The van der Waals surface area contributed by atoms with Crippen molar-refractivity contribution in [3.63, 3.8) is 0 Å². The second-order valence-corrected chi connectivity index (χ2v) is 11.3. The van der Waals surface area contributed by atoms with Crippen molar-refractivity contribution in [1.29, 1.82) is 0 Å². The van der Waals surface area contributed by atoms with Gasteiger partial charge in [-0.2, -0.15) is 4.98 Å². The zero-order valence-corrected chi connectivity index (χ0v) is 24.9. The van der Waals surface area contributed by atoms with Gasteiger partial charge in [0, 0.05) is 39.3 Å². The number of oxazole rings is 1. The lowest BCUT2D eigenvalue weighted by Crippen LogP contribution is -2.52. The van der Waals surface area contributed by atoms with Crippen LogP contribution in [0.1, 0.15) is 36.7 Å². The molecule has 11 heteroatoms. The number of hydrogen-bond acceptors (Lipinski definition) is 9. The Morgan fingerprint density at radius 3 is 2.51 bits per heavy atom. The summed E-state index contributed by atoms with van der Waals surface area (Å²) in [4.78, 5) is 40.2. The van der Waals surface area contributed by atoms with Crippen molar-refractivity contribution in [2.45, 2.75) is 39.3 Å². The number of rotatable bonds is 12. The molecule has 2 amide bonds. The van der Waals surface area contributed by atoms with E-state index in [-0.39, 0.29) is 18.4 Å². The molecule has 0 saturated carbocycles. The van der Waals surface area contributed by atoms with Gasteiger partial charge in [0.05, 0.1) is 23.9 Å². The van der Waals surface area contributed by atoms with E-state index in [1.165, 1.54) is 22.4 Å². The van der Waals surface area contributed by atoms with Crippen LogP contribution in [0.5, 0.6) is 5.06 Å². The van der Waals surface area contributed by atoms with Crippen molar-refractivity contribution < 1.29 is 23.8 Å². The fourth-order valence-electron chi connectivity index (χ4n) is 4.49. The first kappa shape index (κ1) is 30.0. The quantitative estimate of drug-likeness (QED) is 0.251. The highest BCUT2D eigenvalue weighted by atomic mass is 32.1. The standard InChI is InChI=1S/C30H37N5O5S/c1-6-33(4)29-32-23-13-12-22(15-26(23)39-29)28(37)35(17-20(2)3)18-25(36)24(14-21-10-8-7-9-11-21)34(5)30(38)40-27-16-31-19-41-27/h7-13,15-16,19-20,24-25,36H,6,14,17-18H2,1-5H3/t24?,25-/m1/s1. The number of anilines is 1. The van der Waals surface area contributed by atoms with Gasteiger partial charge in [-0.1, -0.05) is 55.5 Å². The van der Waals surface area contributed by atoms with E-state index < -0.39 is 18.2 Å². The number of amides is 2. The summed E-state index contributed by atoms with van der Waals surface area (Å²) in [6.45, 7) is 7.19. The van der Waals surface area contributed by atoms with Crippen LogP contribution in [0.15, 0.2) is 64.7 Å². The minimum absolute atomic E-state index is 0.0188. The fraction of sp³-hybridized carbons (Fsp3) is 0.400. The Labute approximate surface area is 244 Å². The van der Waals surface area contributed by atoms with E-state index in [9.17, 15) is 14.7 Å². The van der Waals surface area contributed by atoms with Crippen molar-refractivity contribution in [2.75, 3.05) is 38.6 Å². The average molecular weight is 580 g/mol. The molecule has 1 unspecified atom stereocenters. The number of carbonyl (C=O) groups excluding carboxylic acids is 2. The van der Waals surface area contributed by atoms with Gasteiger partial charge in [0.25, 0.3) is 11.9 Å². The largest absolute Gasteiger partial charge is 0.423 e. The molecule has 41 heavy (non-hydrogen) atoms. The van der Waals surface area contributed by atoms with Gasteiger partial charge in [0.2, 0.25) is 5.06 Å². The molecule has 4 rings (SSSR count). The number of aromatic nitrogens is 2. The van der Waals surface area contributed by atoms with Gasteiger partial charge in [0.1, 0.15) is 5.52 Å². The molecule has 4 aromatic rings. The Morgan fingerprint density at radius 1 is 1.10 bits per heavy atom. The maximum Gasteiger partial charge on any atom is 0.416 e. The number of aliphatic hydroxyl groups is 1. The van der Waals surface area contributed by atoms with Gasteiger partial charge >= 0.3 is 6.09 Å². The van der Waals surface area contributed by atoms with Crippen LogP contribution in [0.2, 0.25) is 0 Å². The number of carbonyl (C=O) groups is 2. The van der Waals surface area contributed by atoms with Gasteiger partial charge in [-0.15, -0.1) is 0 Å². The summed E-state index contributed by atoms with van der Waals surface area (Å²) in [6, 6.07) is 14.6. The van der Waals surface area contributed by atoms with Gasteiger partial charge in [-0.05, 0) is 43.0 Å². The highest BCUT2D eigenvalue weighted by molar-refractivity contribution is 7.11. The van der Waals surface area contributed by atoms with Crippen molar-refractivity contribution in [3.8, 4) is 5.06 Å². The fourth-order valence-corrected chi connectivity index (χ4v) is 4.96. The van der Waals surface area contributed by atoms with Gasteiger partial charge in [-0.3, -0.25) is 4.79 Å².